The van der Waals surface area contributed by atoms with E-state index >= 15 is 0 Å². The van der Waals surface area contributed by atoms with Gasteiger partial charge in [-0.15, -0.1) is 0 Å². The molecule has 184 valence electrons. The van der Waals surface area contributed by atoms with Gasteiger partial charge in [0, 0.05) is 25.6 Å². The second-order valence-electron chi connectivity index (χ2n) is 8.63. The summed E-state index contributed by atoms with van der Waals surface area (Å²) in [6, 6.07) is 11.9. The number of aryl methyl sites for hydroxylation is 1. The van der Waals surface area contributed by atoms with Gasteiger partial charge in [-0.3, -0.25) is 9.59 Å². The molecule has 1 aliphatic heterocycles. The summed E-state index contributed by atoms with van der Waals surface area (Å²) in [5.41, 5.74) is 2.95. The van der Waals surface area contributed by atoms with Gasteiger partial charge in [-0.1, -0.05) is 31.2 Å². The van der Waals surface area contributed by atoms with E-state index in [0.29, 0.717) is 37.3 Å². The van der Waals surface area contributed by atoms with Gasteiger partial charge in [0.15, 0.2) is 0 Å². The molecule has 4 N–H and O–H groups in total. The second kappa shape index (κ2) is 13.1. The summed E-state index contributed by atoms with van der Waals surface area (Å²) in [5, 5.41) is 19.5. The van der Waals surface area contributed by atoms with Crippen LogP contribution in [0.2, 0.25) is 0 Å². The zero-order chi connectivity index (χ0) is 24.3. The highest BCUT2D eigenvalue weighted by Crippen LogP contribution is 2.19. The van der Waals surface area contributed by atoms with Crippen LogP contribution in [0, 0.1) is 5.82 Å². The molecule has 8 heteroatoms. The van der Waals surface area contributed by atoms with E-state index in [2.05, 4.69) is 35.0 Å². The maximum absolute atomic E-state index is 14.2. The molecular formula is C26H34FN3O4. The average molecular weight is 472 g/mol. The Morgan fingerprint density at radius 2 is 1.97 bits per heavy atom. The van der Waals surface area contributed by atoms with Crippen molar-refractivity contribution in [2.45, 2.75) is 57.7 Å². The van der Waals surface area contributed by atoms with E-state index in [4.69, 9.17) is 4.74 Å². The third-order valence-corrected chi connectivity index (χ3v) is 5.79. The fourth-order valence-corrected chi connectivity index (χ4v) is 3.93. The van der Waals surface area contributed by atoms with Crippen molar-refractivity contribution in [2.75, 3.05) is 19.7 Å². The number of carbonyl (C=O) groups is 2. The summed E-state index contributed by atoms with van der Waals surface area (Å²) in [4.78, 5) is 24.4. The fraction of sp³-hybridized carbons (Fsp3) is 0.462. The first kappa shape index (κ1) is 25.6. The molecule has 0 unspecified atom stereocenters. The predicted octanol–water partition coefficient (Wildman–Crippen LogP) is 2.25. The van der Waals surface area contributed by atoms with Crippen molar-refractivity contribution in [1.82, 2.24) is 16.0 Å². The Balaban J connectivity index is 1.69. The molecule has 2 atom stereocenters. The van der Waals surface area contributed by atoms with Gasteiger partial charge in [-0.05, 0) is 54.5 Å². The molecule has 3 rings (SSSR count). The maximum atomic E-state index is 14.2. The van der Waals surface area contributed by atoms with Crippen LogP contribution >= 0.6 is 0 Å². The quantitative estimate of drug-likeness (QED) is 0.518. The number of benzene rings is 2. The van der Waals surface area contributed by atoms with E-state index in [-0.39, 0.29) is 31.8 Å². The van der Waals surface area contributed by atoms with Gasteiger partial charge in [-0.2, -0.15) is 0 Å². The number of nitrogens with one attached hydrogen (secondary N) is 3. The number of hydrogen-bond donors (Lipinski definition) is 4. The molecule has 0 fully saturated rings. The maximum Gasteiger partial charge on any atom is 0.239 e. The van der Waals surface area contributed by atoms with Crippen LogP contribution in [0.1, 0.15) is 42.9 Å². The van der Waals surface area contributed by atoms with Crippen molar-refractivity contribution in [2.24, 2.45) is 0 Å². The molecule has 2 aromatic carbocycles. The Labute approximate surface area is 200 Å². The van der Waals surface area contributed by atoms with Crippen LogP contribution in [-0.2, 0) is 29.0 Å². The van der Waals surface area contributed by atoms with E-state index in [0.717, 1.165) is 12.0 Å². The Kier molecular flexibility index (Phi) is 9.85. The topological polar surface area (TPSA) is 99.7 Å². The Bertz CT molecular complexity index is 969. The average Bonchev–Trinajstić information content (AvgIpc) is 2.81. The van der Waals surface area contributed by atoms with Crippen molar-refractivity contribution in [3.8, 4) is 5.75 Å². The van der Waals surface area contributed by atoms with Gasteiger partial charge >= 0.3 is 0 Å². The monoisotopic (exact) mass is 471 g/mol. The standard InChI is InChI=1S/C26H34FN3O4/c1-2-18-6-5-7-19(10-18)15-28-16-24(31)23-13-20-11-21(27)14-22(12-20)34-9-4-3-8-25(32)29-17-26(33)30-23/h5-7,10-12,14,23-24,28,31H,2-4,8-9,13,15-17H2,1H3,(H,29,32)(H,30,33)/t23-,24+/m0/s1. The van der Waals surface area contributed by atoms with Crippen LogP contribution in [0.5, 0.6) is 5.75 Å². The molecule has 0 spiro atoms. The summed E-state index contributed by atoms with van der Waals surface area (Å²) in [6.45, 7) is 3.08. The van der Waals surface area contributed by atoms with Crippen LogP contribution in [-0.4, -0.2) is 48.8 Å². The smallest absolute Gasteiger partial charge is 0.239 e. The highest BCUT2D eigenvalue weighted by Gasteiger charge is 2.23. The minimum atomic E-state index is -0.933. The van der Waals surface area contributed by atoms with Crippen molar-refractivity contribution in [3.63, 3.8) is 0 Å². The number of rotatable bonds is 6. The van der Waals surface area contributed by atoms with Gasteiger partial charge in [0.1, 0.15) is 11.6 Å². The zero-order valence-corrected chi connectivity index (χ0v) is 19.6. The molecule has 0 saturated heterocycles. The molecule has 1 heterocycles. The number of fused-ring (bicyclic) bond motifs is 2. The summed E-state index contributed by atoms with van der Waals surface area (Å²) in [7, 11) is 0. The zero-order valence-electron chi connectivity index (χ0n) is 19.6. The van der Waals surface area contributed by atoms with E-state index in [1.165, 1.54) is 17.7 Å². The Hall–Kier alpha value is -2.97. The summed E-state index contributed by atoms with van der Waals surface area (Å²) in [6.07, 6.45) is 1.74. The first-order valence-electron chi connectivity index (χ1n) is 11.9. The number of carbonyl (C=O) groups excluding carboxylic acids is 2. The third-order valence-electron chi connectivity index (χ3n) is 5.79. The van der Waals surface area contributed by atoms with Crippen LogP contribution in [0.3, 0.4) is 0 Å². The number of halogens is 1. The molecule has 0 radical (unpaired) electrons. The lowest BCUT2D eigenvalue weighted by Crippen LogP contribution is -2.51. The second-order valence-corrected chi connectivity index (χ2v) is 8.63. The highest BCUT2D eigenvalue weighted by atomic mass is 19.1. The lowest BCUT2D eigenvalue weighted by atomic mass is 10.00. The minimum Gasteiger partial charge on any atom is -0.493 e. The third kappa shape index (κ3) is 8.43. The fourth-order valence-electron chi connectivity index (χ4n) is 3.93. The van der Waals surface area contributed by atoms with Crippen LogP contribution in [0.25, 0.3) is 0 Å². The highest BCUT2D eigenvalue weighted by molar-refractivity contribution is 5.84. The van der Waals surface area contributed by atoms with E-state index in [1.807, 2.05) is 12.1 Å². The lowest BCUT2D eigenvalue weighted by Gasteiger charge is -2.25. The molecule has 2 aromatic rings. The van der Waals surface area contributed by atoms with Crippen molar-refractivity contribution < 1.29 is 23.8 Å². The van der Waals surface area contributed by atoms with Crippen LogP contribution in [0.4, 0.5) is 4.39 Å². The molecule has 34 heavy (non-hydrogen) atoms. The number of amides is 2. The van der Waals surface area contributed by atoms with Crippen molar-refractivity contribution >= 4 is 11.8 Å². The normalized spacial score (nSPS) is 18.6. The summed E-state index contributed by atoms with van der Waals surface area (Å²) < 4.78 is 19.9. The molecule has 0 aliphatic carbocycles. The predicted molar refractivity (Wildman–Crippen MR) is 128 cm³/mol. The Morgan fingerprint density at radius 1 is 1.15 bits per heavy atom. The number of aliphatic hydroxyl groups is 1. The van der Waals surface area contributed by atoms with Crippen molar-refractivity contribution in [1.29, 1.82) is 0 Å². The molecule has 7 nitrogen and oxygen atoms in total. The van der Waals surface area contributed by atoms with Gasteiger partial charge in [-0.25, -0.2) is 4.39 Å². The van der Waals surface area contributed by atoms with Gasteiger partial charge in [0.2, 0.25) is 11.8 Å². The van der Waals surface area contributed by atoms with Crippen LogP contribution in [0.15, 0.2) is 42.5 Å². The Morgan fingerprint density at radius 3 is 2.79 bits per heavy atom. The van der Waals surface area contributed by atoms with Gasteiger partial charge in [0.25, 0.3) is 0 Å². The van der Waals surface area contributed by atoms with E-state index in [1.54, 1.807) is 6.07 Å². The van der Waals surface area contributed by atoms with Crippen molar-refractivity contribution in [3.05, 3.63) is 65.0 Å². The largest absolute Gasteiger partial charge is 0.493 e. The molecule has 1 aliphatic rings. The first-order valence-corrected chi connectivity index (χ1v) is 11.9. The molecule has 0 aromatic heterocycles. The number of ether oxygens (including phenoxy) is 1. The molecule has 0 saturated carbocycles. The number of hydrogen-bond acceptors (Lipinski definition) is 5. The molecule has 2 bridgehead atoms. The van der Waals surface area contributed by atoms with Gasteiger partial charge < -0.3 is 25.8 Å². The lowest BCUT2D eigenvalue weighted by molar-refractivity contribution is -0.126. The minimum absolute atomic E-state index is 0.176. The van der Waals surface area contributed by atoms with Gasteiger partial charge in [0.05, 0.1) is 25.3 Å². The summed E-state index contributed by atoms with van der Waals surface area (Å²) >= 11 is 0. The SMILES string of the molecule is CCc1cccc(CNC[C@@H](O)[C@@H]2Cc3cc(F)cc(c3)OCCCCC(=O)NCC(=O)N2)c1. The molecular weight excluding hydrogens is 437 g/mol. The number of aliphatic hydroxyl groups excluding tert-OH is 1. The van der Waals surface area contributed by atoms with Crippen LogP contribution < -0.4 is 20.7 Å². The first-order chi connectivity index (χ1) is 16.4. The molecule has 2 amide bonds. The summed E-state index contributed by atoms with van der Waals surface area (Å²) in [5.74, 6) is -0.675. The van der Waals surface area contributed by atoms with E-state index < -0.39 is 23.9 Å². The van der Waals surface area contributed by atoms with E-state index in [9.17, 15) is 19.1 Å².